The largest absolute Gasteiger partial charge is 0.345 e. The van der Waals surface area contributed by atoms with Gasteiger partial charge in [-0.1, -0.05) is 60.7 Å². The van der Waals surface area contributed by atoms with Gasteiger partial charge >= 0.3 is 0 Å². The maximum Gasteiger partial charge on any atom is 0.145 e. The van der Waals surface area contributed by atoms with E-state index in [4.69, 9.17) is 0 Å². The lowest BCUT2D eigenvalue weighted by Crippen LogP contribution is -2.28. The first-order valence-electron chi connectivity index (χ1n) is 6.72. The highest BCUT2D eigenvalue weighted by Crippen LogP contribution is 2.14. The van der Waals surface area contributed by atoms with E-state index in [0.29, 0.717) is 0 Å². The van der Waals surface area contributed by atoms with E-state index in [0.717, 1.165) is 23.5 Å². The zero-order valence-corrected chi connectivity index (χ0v) is 11.7. The van der Waals surface area contributed by atoms with Gasteiger partial charge in [-0.25, -0.2) is 0 Å². The van der Waals surface area contributed by atoms with E-state index in [2.05, 4.69) is 22.0 Å². The van der Waals surface area contributed by atoms with Gasteiger partial charge in [-0.2, -0.15) is 0 Å². The van der Waals surface area contributed by atoms with Crippen molar-refractivity contribution in [3.05, 3.63) is 71.8 Å². The zero-order chi connectivity index (χ0) is 14.2. The van der Waals surface area contributed by atoms with E-state index in [1.165, 1.54) is 0 Å². The lowest BCUT2D eigenvalue weighted by Gasteiger charge is -2.17. The van der Waals surface area contributed by atoms with Crippen molar-refractivity contribution < 1.29 is 0 Å². The minimum atomic E-state index is -0.193. The highest BCUT2D eigenvalue weighted by atomic mass is 15.1. The molecule has 3 heteroatoms. The maximum atomic E-state index is 4.53. The zero-order valence-electron chi connectivity index (χ0n) is 11.7. The summed E-state index contributed by atoms with van der Waals surface area (Å²) in [5, 5.41) is 3.36. The Morgan fingerprint density at radius 3 is 2.20 bits per heavy atom. The van der Waals surface area contributed by atoms with Crippen LogP contribution in [-0.2, 0) is 0 Å². The van der Waals surface area contributed by atoms with Gasteiger partial charge in [-0.3, -0.25) is 9.98 Å². The Hall–Kier alpha value is -2.42. The fourth-order valence-electron chi connectivity index (χ4n) is 1.97. The van der Waals surface area contributed by atoms with Crippen molar-refractivity contribution in [3.63, 3.8) is 0 Å². The van der Waals surface area contributed by atoms with Gasteiger partial charge in [-0.15, -0.1) is 0 Å². The van der Waals surface area contributed by atoms with Crippen molar-refractivity contribution in [2.24, 2.45) is 9.98 Å². The molecule has 1 atom stereocenters. The van der Waals surface area contributed by atoms with Crippen molar-refractivity contribution >= 4 is 12.6 Å². The van der Waals surface area contributed by atoms with Gasteiger partial charge in [0.25, 0.3) is 0 Å². The number of nitrogens with zero attached hydrogens (tertiary/aromatic N) is 2. The Bertz CT molecular complexity index is 561. The molecule has 102 valence electrons. The van der Waals surface area contributed by atoms with Gasteiger partial charge in [0.2, 0.25) is 0 Å². The van der Waals surface area contributed by atoms with Crippen LogP contribution in [0.15, 0.2) is 70.6 Å². The third-order valence-corrected chi connectivity index (χ3v) is 2.93. The summed E-state index contributed by atoms with van der Waals surface area (Å²) < 4.78 is 0. The number of aliphatic imine (C=N–C) groups is 2. The predicted octanol–water partition coefficient (Wildman–Crippen LogP) is 3.44. The average Bonchev–Trinajstić information content (AvgIpc) is 2.53. The Kier molecular flexibility index (Phi) is 5.07. The number of benzene rings is 2. The van der Waals surface area contributed by atoms with E-state index < -0.39 is 0 Å². The summed E-state index contributed by atoms with van der Waals surface area (Å²) in [5.74, 6) is 0.842. The third kappa shape index (κ3) is 3.54. The van der Waals surface area contributed by atoms with Crippen LogP contribution >= 0.6 is 0 Å². The molecule has 1 unspecified atom stereocenters. The molecule has 0 fully saturated rings. The van der Waals surface area contributed by atoms with E-state index >= 15 is 0 Å². The molecule has 0 bridgehead atoms. The first-order valence-corrected chi connectivity index (χ1v) is 6.72. The molecule has 0 heterocycles. The fraction of sp³-hybridized carbons (Fsp3) is 0.176. The number of rotatable bonds is 5. The second-order valence-electron chi connectivity index (χ2n) is 4.33. The monoisotopic (exact) mass is 265 g/mol. The molecule has 3 nitrogen and oxygen atoms in total. The standard InChI is InChI=1S/C17H19N3/c1-3-19-17(15-12-8-5-9-13-15)20-16(18-2)14-10-6-4-7-11-14/h4-13,16H,2-3H2,1H3,(H,19,20). The molecule has 0 amide bonds. The van der Waals surface area contributed by atoms with Crippen molar-refractivity contribution in [2.75, 3.05) is 6.54 Å². The van der Waals surface area contributed by atoms with Crippen LogP contribution in [0.25, 0.3) is 0 Å². The molecule has 0 aliphatic heterocycles. The molecule has 2 rings (SSSR count). The van der Waals surface area contributed by atoms with Gasteiger partial charge in [0.1, 0.15) is 12.0 Å². The minimum absolute atomic E-state index is 0.193. The average molecular weight is 265 g/mol. The van der Waals surface area contributed by atoms with Crippen LogP contribution in [0, 0.1) is 0 Å². The minimum Gasteiger partial charge on any atom is -0.345 e. The molecular formula is C17H19N3. The molecule has 0 aliphatic rings. The Balaban J connectivity index is 2.24. The van der Waals surface area contributed by atoms with Crippen LogP contribution in [0.1, 0.15) is 24.2 Å². The van der Waals surface area contributed by atoms with Crippen LogP contribution in [-0.4, -0.2) is 19.1 Å². The first-order chi connectivity index (χ1) is 9.85. The Morgan fingerprint density at radius 1 is 1.05 bits per heavy atom. The topological polar surface area (TPSA) is 36.8 Å². The Morgan fingerprint density at radius 2 is 1.65 bits per heavy atom. The SMILES string of the molecule is C=NC(NC(=NCC)c1ccccc1)c1ccccc1. The lowest BCUT2D eigenvalue weighted by molar-refractivity contribution is 0.687. The summed E-state index contributed by atoms with van der Waals surface area (Å²) in [4.78, 5) is 8.69. The van der Waals surface area contributed by atoms with E-state index in [9.17, 15) is 0 Å². The van der Waals surface area contributed by atoms with Crippen LogP contribution in [0.5, 0.6) is 0 Å². The third-order valence-electron chi connectivity index (χ3n) is 2.93. The van der Waals surface area contributed by atoms with Crippen molar-refractivity contribution in [3.8, 4) is 0 Å². The van der Waals surface area contributed by atoms with Gasteiger partial charge in [-0.05, 0) is 19.2 Å². The summed E-state index contributed by atoms with van der Waals surface area (Å²) in [6, 6.07) is 20.1. The smallest absolute Gasteiger partial charge is 0.145 e. The predicted molar refractivity (Wildman–Crippen MR) is 85.4 cm³/mol. The summed E-state index contributed by atoms with van der Waals surface area (Å²) in [6.07, 6.45) is -0.193. The van der Waals surface area contributed by atoms with Gasteiger partial charge in [0, 0.05) is 12.1 Å². The van der Waals surface area contributed by atoms with Crippen LogP contribution < -0.4 is 5.32 Å². The molecule has 0 aromatic heterocycles. The van der Waals surface area contributed by atoms with E-state index in [-0.39, 0.29) is 6.17 Å². The number of amidine groups is 1. The van der Waals surface area contributed by atoms with Gasteiger partial charge in [0.05, 0.1) is 0 Å². The molecule has 0 radical (unpaired) electrons. The molecule has 1 N–H and O–H groups in total. The van der Waals surface area contributed by atoms with Crippen LogP contribution in [0.3, 0.4) is 0 Å². The molecule has 20 heavy (non-hydrogen) atoms. The van der Waals surface area contributed by atoms with Gasteiger partial charge < -0.3 is 5.32 Å². The molecule has 0 saturated heterocycles. The van der Waals surface area contributed by atoms with E-state index in [1.54, 1.807) is 0 Å². The normalized spacial score (nSPS) is 12.8. The van der Waals surface area contributed by atoms with Crippen LogP contribution in [0.2, 0.25) is 0 Å². The highest BCUT2D eigenvalue weighted by molar-refractivity contribution is 5.99. The molecule has 0 spiro atoms. The summed E-state index contributed by atoms with van der Waals surface area (Å²) in [5.41, 5.74) is 2.13. The summed E-state index contributed by atoms with van der Waals surface area (Å²) in [7, 11) is 0. The summed E-state index contributed by atoms with van der Waals surface area (Å²) in [6.45, 7) is 6.41. The molecule has 0 aliphatic carbocycles. The highest BCUT2D eigenvalue weighted by Gasteiger charge is 2.11. The fourth-order valence-corrected chi connectivity index (χ4v) is 1.97. The quantitative estimate of drug-likeness (QED) is 0.652. The van der Waals surface area contributed by atoms with E-state index in [1.807, 2.05) is 67.6 Å². The number of hydrogen-bond acceptors (Lipinski definition) is 2. The molecule has 2 aromatic rings. The molecule has 2 aromatic carbocycles. The number of nitrogens with one attached hydrogen (secondary N) is 1. The summed E-state index contributed by atoms with van der Waals surface area (Å²) >= 11 is 0. The van der Waals surface area contributed by atoms with Crippen molar-refractivity contribution in [2.45, 2.75) is 13.1 Å². The molecular weight excluding hydrogens is 246 g/mol. The first kappa shape index (κ1) is 14.0. The van der Waals surface area contributed by atoms with Gasteiger partial charge in [0.15, 0.2) is 0 Å². The number of hydrogen-bond donors (Lipinski definition) is 1. The van der Waals surface area contributed by atoms with Crippen LogP contribution in [0.4, 0.5) is 0 Å². The Labute approximate surface area is 120 Å². The lowest BCUT2D eigenvalue weighted by atomic mass is 10.1. The molecule has 0 saturated carbocycles. The van der Waals surface area contributed by atoms with Crippen molar-refractivity contribution in [1.29, 1.82) is 0 Å². The van der Waals surface area contributed by atoms with Crippen molar-refractivity contribution in [1.82, 2.24) is 5.32 Å². The second-order valence-corrected chi connectivity index (χ2v) is 4.33. The maximum absolute atomic E-state index is 4.53. The second kappa shape index (κ2) is 7.24.